The molecular weight excluding hydrogens is 358 g/mol. The van der Waals surface area contributed by atoms with Gasteiger partial charge in [-0.3, -0.25) is 0 Å². The Morgan fingerprint density at radius 3 is 2.39 bits per heavy atom. The number of benzene rings is 1. The zero-order valence-electron chi connectivity index (χ0n) is 17.2. The Labute approximate surface area is 166 Å². The SMILES string of the molecule is CC1(C)c2cc3c(cc2C(C)(C)N1[O])OC(C(O)CNC1CCN([O])CC1)C3. The Morgan fingerprint density at radius 2 is 1.75 bits per heavy atom. The number of hydroxylamine groups is 4. The second kappa shape index (κ2) is 6.93. The molecule has 4 rings (SSSR count). The Morgan fingerprint density at radius 1 is 1.14 bits per heavy atom. The largest absolute Gasteiger partial charge is 0.487 e. The molecular formula is C21H31N3O4. The molecule has 0 saturated carbocycles. The first-order valence-corrected chi connectivity index (χ1v) is 10.3. The minimum absolute atomic E-state index is 0.275. The van der Waals surface area contributed by atoms with Crippen LogP contribution < -0.4 is 10.1 Å². The molecule has 0 bridgehead atoms. The summed E-state index contributed by atoms with van der Waals surface area (Å²) >= 11 is 0. The molecule has 2 unspecified atom stereocenters. The first-order valence-electron chi connectivity index (χ1n) is 10.3. The number of piperidine rings is 1. The molecule has 1 saturated heterocycles. The van der Waals surface area contributed by atoms with Crippen LogP contribution in [0.3, 0.4) is 0 Å². The Bertz CT molecular complexity index is 698. The zero-order valence-corrected chi connectivity index (χ0v) is 17.2. The maximum absolute atomic E-state index is 12.8. The molecule has 2 N–H and O–H groups in total. The molecule has 2 atom stereocenters. The van der Waals surface area contributed by atoms with Gasteiger partial charge in [-0.15, -0.1) is 15.5 Å². The fourth-order valence-corrected chi connectivity index (χ4v) is 4.94. The average Bonchev–Trinajstić information content (AvgIpc) is 3.13. The highest BCUT2D eigenvalue weighted by molar-refractivity contribution is 5.52. The fourth-order valence-electron chi connectivity index (χ4n) is 4.94. The Kier molecular flexibility index (Phi) is 4.97. The van der Waals surface area contributed by atoms with Crippen LogP contribution >= 0.6 is 0 Å². The lowest BCUT2D eigenvalue weighted by Crippen LogP contribution is -2.46. The minimum Gasteiger partial charge on any atom is -0.487 e. The van der Waals surface area contributed by atoms with E-state index in [4.69, 9.17) is 4.74 Å². The van der Waals surface area contributed by atoms with Crippen LogP contribution in [-0.2, 0) is 27.9 Å². The number of nitrogens with zero attached hydrogens (tertiary/aromatic N) is 2. The summed E-state index contributed by atoms with van der Waals surface area (Å²) in [5, 5.41) is 40.3. The smallest absolute Gasteiger partial charge is 0.130 e. The van der Waals surface area contributed by atoms with Gasteiger partial charge in [0.25, 0.3) is 0 Å². The van der Waals surface area contributed by atoms with Crippen molar-refractivity contribution >= 4 is 0 Å². The summed E-state index contributed by atoms with van der Waals surface area (Å²) in [4.78, 5) is 0. The number of hydrogen-bond acceptors (Lipinski definition) is 5. The van der Waals surface area contributed by atoms with Crippen LogP contribution in [0, 0.1) is 0 Å². The van der Waals surface area contributed by atoms with Crippen molar-refractivity contribution in [2.24, 2.45) is 0 Å². The molecule has 28 heavy (non-hydrogen) atoms. The molecule has 0 aliphatic carbocycles. The van der Waals surface area contributed by atoms with Crippen molar-refractivity contribution in [3.05, 3.63) is 28.8 Å². The first kappa shape index (κ1) is 20.1. The summed E-state index contributed by atoms with van der Waals surface area (Å²) in [7, 11) is 0. The maximum Gasteiger partial charge on any atom is 0.130 e. The third-order valence-electron chi connectivity index (χ3n) is 6.73. The molecule has 2 radical (unpaired) electrons. The van der Waals surface area contributed by atoms with E-state index in [1.807, 2.05) is 33.8 Å². The van der Waals surface area contributed by atoms with Gasteiger partial charge in [0.1, 0.15) is 18.0 Å². The molecule has 1 aromatic rings. The van der Waals surface area contributed by atoms with Crippen molar-refractivity contribution in [2.45, 2.75) is 76.3 Å². The molecule has 3 aliphatic heterocycles. The van der Waals surface area contributed by atoms with E-state index in [1.54, 1.807) is 0 Å². The number of rotatable bonds is 4. The van der Waals surface area contributed by atoms with Crippen molar-refractivity contribution in [1.29, 1.82) is 0 Å². The molecule has 7 nitrogen and oxygen atoms in total. The summed E-state index contributed by atoms with van der Waals surface area (Å²) < 4.78 is 6.08. The van der Waals surface area contributed by atoms with Gasteiger partial charge < -0.3 is 15.2 Å². The van der Waals surface area contributed by atoms with Crippen molar-refractivity contribution < 1.29 is 20.3 Å². The van der Waals surface area contributed by atoms with Gasteiger partial charge in [0.2, 0.25) is 0 Å². The highest BCUT2D eigenvalue weighted by atomic mass is 16.5. The van der Waals surface area contributed by atoms with Crippen LogP contribution in [0.4, 0.5) is 0 Å². The van der Waals surface area contributed by atoms with Gasteiger partial charge in [0.15, 0.2) is 0 Å². The molecule has 1 aromatic carbocycles. The van der Waals surface area contributed by atoms with Crippen LogP contribution in [0.15, 0.2) is 12.1 Å². The van der Waals surface area contributed by atoms with Crippen molar-refractivity contribution in [3.63, 3.8) is 0 Å². The lowest BCUT2D eigenvalue weighted by molar-refractivity contribution is -0.266. The molecule has 3 aliphatic rings. The summed E-state index contributed by atoms with van der Waals surface area (Å²) in [6.07, 6.45) is 1.35. The van der Waals surface area contributed by atoms with E-state index in [1.165, 1.54) is 5.06 Å². The van der Waals surface area contributed by atoms with E-state index < -0.39 is 17.2 Å². The zero-order chi connectivity index (χ0) is 20.3. The normalized spacial score (nSPS) is 28.0. The second-order valence-corrected chi connectivity index (χ2v) is 9.46. The van der Waals surface area contributed by atoms with E-state index in [0.717, 1.165) is 40.3 Å². The van der Waals surface area contributed by atoms with E-state index >= 15 is 0 Å². The molecule has 154 valence electrons. The molecule has 0 aromatic heterocycles. The van der Waals surface area contributed by atoms with E-state index in [9.17, 15) is 15.5 Å². The fraction of sp³-hybridized carbons (Fsp3) is 0.714. The predicted molar refractivity (Wildman–Crippen MR) is 102 cm³/mol. The number of fused-ring (bicyclic) bond motifs is 2. The minimum atomic E-state index is -0.621. The van der Waals surface area contributed by atoms with Crippen LogP contribution in [0.2, 0.25) is 0 Å². The molecule has 1 fully saturated rings. The van der Waals surface area contributed by atoms with Crippen molar-refractivity contribution in [2.75, 3.05) is 19.6 Å². The predicted octanol–water partition coefficient (Wildman–Crippen LogP) is 1.88. The van der Waals surface area contributed by atoms with E-state index in [-0.39, 0.29) is 12.1 Å². The summed E-state index contributed by atoms with van der Waals surface area (Å²) in [6, 6.07) is 4.36. The molecule has 0 spiro atoms. The number of ether oxygens (including phenoxy) is 1. The summed E-state index contributed by atoms with van der Waals surface area (Å²) in [6.45, 7) is 9.35. The highest BCUT2D eigenvalue weighted by Gasteiger charge is 2.51. The summed E-state index contributed by atoms with van der Waals surface area (Å²) in [5.74, 6) is 0.779. The second-order valence-electron chi connectivity index (χ2n) is 9.46. The molecule has 0 amide bonds. The standard InChI is InChI=1S/C21H31N3O4/c1-20(2)15-9-13-10-19(17(25)12-22-14-5-7-23(26)8-6-14)28-18(13)11-16(15)21(3,4)24(20)27/h9,11,14,17,19,22,25H,5-8,10,12H2,1-4H3. The molecule has 7 heteroatoms. The van der Waals surface area contributed by atoms with Crippen molar-refractivity contribution in [1.82, 2.24) is 15.4 Å². The van der Waals surface area contributed by atoms with Gasteiger partial charge >= 0.3 is 0 Å². The van der Waals surface area contributed by atoms with Crippen LogP contribution in [0.25, 0.3) is 0 Å². The molecule has 3 heterocycles. The first-order chi connectivity index (χ1) is 13.1. The van der Waals surface area contributed by atoms with Gasteiger partial charge in [-0.2, -0.15) is 5.06 Å². The average molecular weight is 389 g/mol. The lowest BCUT2D eigenvalue weighted by atomic mass is 9.88. The summed E-state index contributed by atoms with van der Waals surface area (Å²) in [5.41, 5.74) is 1.92. The maximum atomic E-state index is 12.8. The van der Waals surface area contributed by atoms with Gasteiger partial charge in [-0.1, -0.05) is 0 Å². The van der Waals surface area contributed by atoms with E-state index in [2.05, 4.69) is 11.4 Å². The lowest BCUT2D eigenvalue weighted by Gasteiger charge is -2.32. The Balaban J connectivity index is 1.43. The van der Waals surface area contributed by atoms with Crippen molar-refractivity contribution in [3.8, 4) is 5.75 Å². The van der Waals surface area contributed by atoms with E-state index in [0.29, 0.717) is 26.1 Å². The number of aliphatic hydroxyl groups excluding tert-OH is 1. The monoisotopic (exact) mass is 389 g/mol. The number of aliphatic hydroxyl groups is 1. The quantitative estimate of drug-likeness (QED) is 0.821. The van der Waals surface area contributed by atoms with Gasteiger partial charge in [-0.05, 0) is 69.4 Å². The third-order valence-corrected chi connectivity index (χ3v) is 6.73. The number of hydrogen-bond donors (Lipinski definition) is 2. The van der Waals surface area contributed by atoms with Crippen LogP contribution in [0.1, 0.15) is 57.2 Å². The highest BCUT2D eigenvalue weighted by Crippen LogP contribution is 2.51. The van der Waals surface area contributed by atoms with Crippen LogP contribution in [0.5, 0.6) is 5.75 Å². The topological polar surface area (TPSA) is 87.8 Å². The van der Waals surface area contributed by atoms with Gasteiger partial charge in [0.05, 0.1) is 11.1 Å². The number of nitrogens with one attached hydrogen (secondary N) is 1. The Hall–Kier alpha value is -1.22. The third kappa shape index (κ3) is 3.24. The van der Waals surface area contributed by atoms with Crippen LogP contribution in [-0.4, -0.2) is 53.1 Å². The van der Waals surface area contributed by atoms with Gasteiger partial charge in [-0.25, -0.2) is 0 Å². The van der Waals surface area contributed by atoms with Gasteiger partial charge in [0, 0.05) is 32.1 Å².